The molecular formula is C13H18N2O2S. The van der Waals surface area contributed by atoms with E-state index in [0.29, 0.717) is 13.2 Å². The number of hydrogen-bond donors (Lipinski definition) is 1. The second-order valence-corrected chi connectivity index (χ2v) is 5.22. The van der Waals surface area contributed by atoms with Crippen molar-refractivity contribution in [2.75, 3.05) is 31.8 Å². The molecule has 1 heterocycles. The van der Waals surface area contributed by atoms with E-state index in [9.17, 15) is 4.79 Å². The minimum Gasteiger partial charge on any atom is -0.492 e. The number of amides is 1. The average Bonchev–Trinajstić information content (AvgIpc) is 2.93. The fourth-order valence-electron chi connectivity index (χ4n) is 1.75. The SMILES string of the molecule is CN(CCOc1ccccc1)C(=O)C1CSCN1. The first-order chi connectivity index (χ1) is 8.77. The summed E-state index contributed by atoms with van der Waals surface area (Å²) < 4.78 is 5.57. The Morgan fingerprint density at radius 2 is 2.28 bits per heavy atom. The average molecular weight is 266 g/mol. The fourth-order valence-corrected chi connectivity index (χ4v) is 2.68. The first kappa shape index (κ1) is 13.2. The third-order valence-corrected chi connectivity index (χ3v) is 3.77. The van der Waals surface area contributed by atoms with Crippen molar-refractivity contribution in [1.82, 2.24) is 10.2 Å². The van der Waals surface area contributed by atoms with Crippen molar-refractivity contribution in [2.45, 2.75) is 6.04 Å². The molecule has 2 rings (SSSR count). The molecule has 0 spiro atoms. The highest BCUT2D eigenvalue weighted by atomic mass is 32.2. The van der Waals surface area contributed by atoms with Crippen molar-refractivity contribution in [3.8, 4) is 5.75 Å². The van der Waals surface area contributed by atoms with Crippen molar-refractivity contribution >= 4 is 17.7 Å². The third-order valence-electron chi connectivity index (χ3n) is 2.83. The van der Waals surface area contributed by atoms with E-state index in [2.05, 4.69) is 5.32 Å². The van der Waals surface area contributed by atoms with Crippen LogP contribution in [-0.4, -0.2) is 48.7 Å². The summed E-state index contributed by atoms with van der Waals surface area (Å²) in [4.78, 5) is 13.7. The topological polar surface area (TPSA) is 41.6 Å². The van der Waals surface area contributed by atoms with E-state index in [1.165, 1.54) is 0 Å². The van der Waals surface area contributed by atoms with E-state index < -0.39 is 0 Å². The Kier molecular flexibility index (Phi) is 4.90. The molecule has 1 aromatic rings. The lowest BCUT2D eigenvalue weighted by Gasteiger charge is -2.20. The van der Waals surface area contributed by atoms with Gasteiger partial charge in [0.1, 0.15) is 12.4 Å². The summed E-state index contributed by atoms with van der Waals surface area (Å²) in [6.45, 7) is 1.13. The van der Waals surface area contributed by atoms with E-state index in [0.717, 1.165) is 17.4 Å². The first-order valence-electron chi connectivity index (χ1n) is 6.01. The molecule has 1 unspecified atom stereocenters. The Bertz CT molecular complexity index is 380. The lowest BCUT2D eigenvalue weighted by atomic mass is 10.3. The number of likely N-dealkylation sites (N-methyl/N-ethyl adjacent to an activating group) is 1. The zero-order valence-corrected chi connectivity index (χ0v) is 11.3. The lowest BCUT2D eigenvalue weighted by Crippen LogP contribution is -2.44. The maximum Gasteiger partial charge on any atom is 0.240 e. The molecule has 98 valence electrons. The quantitative estimate of drug-likeness (QED) is 0.869. The minimum atomic E-state index is -0.0308. The second-order valence-electron chi connectivity index (χ2n) is 4.19. The number of carbonyl (C=O) groups is 1. The van der Waals surface area contributed by atoms with Crippen LogP contribution in [-0.2, 0) is 4.79 Å². The molecule has 1 N–H and O–H groups in total. The van der Waals surface area contributed by atoms with Crippen LogP contribution in [0, 0.1) is 0 Å². The molecule has 4 nitrogen and oxygen atoms in total. The Hall–Kier alpha value is -1.20. The van der Waals surface area contributed by atoms with Crippen molar-refractivity contribution < 1.29 is 9.53 Å². The lowest BCUT2D eigenvalue weighted by molar-refractivity contribution is -0.131. The Labute approximate surface area is 112 Å². The van der Waals surface area contributed by atoms with Crippen LogP contribution in [0.1, 0.15) is 0 Å². The van der Waals surface area contributed by atoms with Crippen LogP contribution in [0.4, 0.5) is 0 Å². The summed E-state index contributed by atoms with van der Waals surface area (Å²) in [7, 11) is 1.82. The van der Waals surface area contributed by atoms with Crippen LogP contribution in [0.3, 0.4) is 0 Å². The number of carbonyl (C=O) groups excluding carboxylic acids is 1. The first-order valence-corrected chi connectivity index (χ1v) is 7.17. The Morgan fingerprint density at radius 1 is 1.50 bits per heavy atom. The van der Waals surface area contributed by atoms with Crippen molar-refractivity contribution in [2.24, 2.45) is 0 Å². The highest BCUT2D eigenvalue weighted by Crippen LogP contribution is 2.11. The van der Waals surface area contributed by atoms with Gasteiger partial charge in [0.2, 0.25) is 5.91 Å². The molecule has 0 aliphatic carbocycles. The molecule has 1 aliphatic heterocycles. The molecule has 1 aliphatic rings. The summed E-state index contributed by atoms with van der Waals surface area (Å²) in [5.74, 6) is 2.72. The van der Waals surface area contributed by atoms with E-state index in [4.69, 9.17) is 4.74 Å². The van der Waals surface area contributed by atoms with Crippen LogP contribution in [0.2, 0.25) is 0 Å². The van der Waals surface area contributed by atoms with Crippen LogP contribution in [0.15, 0.2) is 30.3 Å². The van der Waals surface area contributed by atoms with Gasteiger partial charge in [0.05, 0.1) is 12.6 Å². The number of benzene rings is 1. The number of nitrogens with one attached hydrogen (secondary N) is 1. The number of ether oxygens (including phenoxy) is 1. The molecule has 1 saturated heterocycles. The number of nitrogens with zero attached hydrogens (tertiary/aromatic N) is 1. The van der Waals surface area contributed by atoms with E-state index in [1.807, 2.05) is 37.4 Å². The van der Waals surface area contributed by atoms with Crippen molar-refractivity contribution in [3.63, 3.8) is 0 Å². The maximum absolute atomic E-state index is 12.0. The van der Waals surface area contributed by atoms with Gasteiger partial charge in [-0.2, -0.15) is 0 Å². The minimum absolute atomic E-state index is 0.0308. The van der Waals surface area contributed by atoms with Gasteiger partial charge in [0.25, 0.3) is 0 Å². The van der Waals surface area contributed by atoms with Crippen LogP contribution < -0.4 is 10.1 Å². The van der Waals surface area contributed by atoms with Gasteiger partial charge >= 0.3 is 0 Å². The predicted molar refractivity (Wildman–Crippen MR) is 73.8 cm³/mol. The molecule has 0 bridgehead atoms. The van der Waals surface area contributed by atoms with Gasteiger partial charge in [-0.1, -0.05) is 18.2 Å². The fraction of sp³-hybridized carbons (Fsp3) is 0.462. The number of thioether (sulfide) groups is 1. The maximum atomic E-state index is 12.0. The Morgan fingerprint density at radius 3 is 2.94 bits per heavy atom. The molecule has 0 radical (unpaired) electrons. The molecule has 18 heavy (non-hydrogen) atoms. The van der Waals surface area contributed by atoms with Gasteiger partial charge < -0.3 is 9.64 Å². The molecule has 1 fully saturated rings. The van der Waals surface area contributed by atoms with E-state index in [-0.39, 0.29) is 11.9 Å². The summed E-state index contributed by atoms with van der Waals surface area (Å²) >= 11 is 1.76. The monoisotopic (exact) mass is 266 g/mol. The number of rotatable bonds is 5. The van der Waals surface area contributed by atoms with Gasteiger partial charge in [-0.05, 0) is 12.1 Å². The molecule has 0 aromatic heterocycles. The van der Waals surface area contributed by atoms with Crippen LogP contribution >= 0.6 is 11.8 Å². The van der Waals surface area contributed by atoms with Gasteiger partial charge in [-0.3, -0.25) is 10.1 Å². The molecule has 1 aromatic carbocycles. The van der Waals surface area contributed by atoms with E-state index in [1.54, 1.807) is 16.7 Å². The smallest absolute Gasteiger partial charge is 0.240 e. The van der Waals surface area contributed by atoms with E-state index >= 15 is 0 Å². The number of para-hydroxylation sites is 1. The Balaban J connectivity index is 1.71. The van der Waals surface area contributed by atoms with Crippen LogP contribution in [0.25, 0.3) is 0 Å². The normalized spacial score (nSPS) is 18.6. The highest BCUT2D eigenvalue weighted by Gasteiger charge is 2.25. The number of hydrogen-bond acceptors (Lipinski definition) is 4. The molecule has 1 atom stereocenters. The zero-order valence-electron chi connectivity index (χ0n) is 10.5. The van der Waals surface area contributed by atoms with Gasteiger partial charge in [-0.15, -0.1) is 11.8 Å². The second kappa shape index (κ2) is 6.66. The standard InChI is InChI=1S/C13H18N2O2S/c1-15(13(16)12-9-18-10-14-12)7-8-17-11-5-3-2-4-6-11/h2-6,12,14H,7-10H2,1H3. The van der Waals surface area contributed by atoms with Crippen LogP contribution in [0.5, 0.6) is 5.75 Å². The molecule has 0 saturated carbocycles. The van der Waals surface area contributed by atoms with Gasteiger partial charge in [0, 0.05) is 18.7 Å². The molecule has 1 amide bonds. The van der Waals surface area contributed by atoms with Gasteiger partial charge in [-0.25, -0.2) is 0 Å². The summed E-state index contributed by atoms with van der Waals surface area (Å²) in [5, 5.41) is 3.18. The van der Waals surface area contributed by atoms with Crippen molar-refractivity contribution in [1.29, 1.82) is 0 Å². The molecular weight excluding hydrogens is 248 g/mol. The van der Waals surface area contributed by atoms with Gasteiger partial charge in [0.15, 0.2) is 0 Å². The summed E-state index contributed by atoms with van der Waals surface area (Å²) in [6, 6.07) is 9.62. The zero-order chi connectivity index (χ0) is 12.8. The predicted octanol–water partition coefficient (Wildman–Crippen LogP) is 1.19. The largest absolute Gasteiger partial charge is 0.492 e. The molecule has 5 heteroatoms. The highest BCUT2D eigenvalue weighted by molar-refractivity contribution is 7.99. The van der Waals surface area contributed by atoms with Crippen molar-refractivity contribution in [3.05, 3.63) is 30.3 Å². The summed E-state index contributed by atoms with van der Waals surface area (Å²) in [5.41, 5.74) is 0. The summed E-state index contributed by atoms with van der Waals surface area (Å²) in [6.07, 6.45) is 0. The third kappa shape index (κ3) is 3.65.